The van der Waals surface area contributed by atoms with E-state index in [2.05, 4.69) is 6.07 Å². The number of hydrogen-bond donors (Lipinski definition) is 1. The third-order valence-electron chi connectivity index (χ3n) is 6.03. The molecule has 1 atom stereocenters. The monoisotopic (exact) mass is 526 g/mol. The average molecular weight is 527 g/mol. The number of hydrogen-bond acceptors (Lipinski definition) is 8. The molecule has 4 aromatic rings. The summed E-state index contributed by atoms with van der Waals surface area (Å²) in [6.45, 7) is 2.45. The Bertz CT molecular complexity index is 1570. The van der Waals surface area contributed by atoms with Gasteiger partial charge in [-0.1, -0.05) is 24.3 Å². The minimum atomic E-state index is -0.661. The number of nitriles is 1. The van der Waals surface area contributed by atoms with Gasteiger partial charge in [0.15, 0.2) is 11.5 Å². The number of benzene rings is 3. The van der Waals surface area contributed by atoms with Gasteiger partial charge in [0.05, 0.1) is 18.8 Å². The number of allylic oxidation sites excluding steroid dienone is 1. The highest BCUT2D eigenvalue weighted by Gasteiger charge is 2.32. The molecule has 1 aliphatic heterocycles. The van der Waals surface area contributed by atoms with Crippen LogP contribution in [0.15, 0.2) is 94.9 Å². The van der Waals surface area contributed by atoms with E-state index in [1.807, 2.05) is 13.0 Å². The summed E-state index contributed by atoms with van der Waals surface area (Å²) in [6, 6.07) is 21.5. The van der Waals surface area contributed by atoms with Crippen molar-refractivity contribution >= 4 is 5.97 Å². The Balaban J connectivity index is 1.45. The summed E-state index contributed by atoms with van der Waals surface area (Å²) in [5, 5.41) is 9.92. The zero-order valence-electron chi connectivity index (χ0n) is 20.8. The Hall–Kier alpha value is -5.23. The van der Waals surface area contributed by atoms with E-state index in [1.54, 1.807) is 42.5 Å². The van der Waals surface area contributed by atoms with Gasteiger partial charge in [0.25, 0.3) is 0 Å². The molecule has 0 radical (unpaired) electrons. The molecule has 1 aromatic heterocycles. The first-order valence-corrected chi connectivity index (χ1v) is 12.1. The highest BCUT2D eigenvalue weighted by atomic mass is 19.1. The normalized spacial score (nSPS) is 14.1. The van der Waals surface area contributed by atoms with Crippen LogP contribution < -0.4 is 24.7 Å². The van der Waals surface area contributed by atoms with Crippen LogP contribution in [0, 0.1) is 17.1 Å². The zero-order chi connectivity index (χ0) is 27.4. The maximum atomic E-state index is 13.2. The van der Waals surface area contributed by atoms with E-state index >= 15 is 0 Å². The molecule has 8 nitrogen and oxygen atoms in total. The molecule has 0 bridgehead atoms. The van der Waals surface area contributed by atoms with Crippen molar-refractivity contribution in [3.05, 3.63) is 119 Å². The van der Waals surface area contributed by atoms with Crippen molar-refractivity contribution in [3.8, 4) is 29.1 Å². The van der Waals surface area contributed by atoms with Crippen molar-refractivity contribution in [1.82, 2.24) is 0 Å². The molecule has 0 aliphatic carbocycles. The number of fused-ring (bicyclic) bond motifs is 1. The first-order chi connectivity index (χ1) is 19.0. The molecule has 1 unspecified atom stereocenters. The Labute approximate surface area is 223 Å². The fourth-order valence-corrected chi connectivity index (χ4v) is 4.23. The first kappa shape index (κ1) is 25.4. The SMILES string of the molecule is CCOc1cc(C2C(C#N)=C(N)Oc3cc(OC(=O)c4ccco4)ccc32)ccc1OCc1ccc(F)cc1. The van der Waals surface area contributed by atoms with Gasteiger partial charge in [0, 0.05) is 11.6 Å². The number of ether oxygens (including phenoxy) is 4. The second-order valence-electron chi connectivity index (χ2n) is 8.55. The Morgan fingerprint density at radius 3 is 2.59 bits per heavy atom. The van der Waals surface area contributed by atoms with Gasteiger partial charge in [0.2, 0.25) is 11.6 Å². The van der Waals surface area contributed by atoms with Gasteiger partial charge in [-0.2, -0.15) is 5.26 Å². The van der Waals surface area contributed by atoms with Crippen LogP contribution in [0.25, 0.3) is 0 Å². The summed E-state index contributed by atoms with van der Waals surface area (Å²) in [5.74, 6) is -0.0133. The predicted octanol–water partition coefficient (Wildman–Crippen LogP) is 5.83. The van der Waals surface area contributed by atoms with E-state index in [4.69, 9.17) is 29.1 Å². The molecule has 0 fully saturated rings. The molecule has 39 heavy (non-hydrogen) atoms. The van der Waals surface area contributed by atoms with Crippen LogP contribution in [0.5, 0.6) is 23.0 Å². The number of rotatable bonds is 8. The summed E-state index contributed by atoms with van der Waals surface area (Å²) in [6.07, 6.45) is 1.38. The number of nitrogens with two attached hydrogens (primary N) is 1. The summed E-state index contributed by atoms with van der Waals surface area (Å²) >= 11 is 0. The van der Waals surface area contributed by atoms with Crippen molar-refractivity contribution in [2.45, 2.75) is 19.4 Å². The predicted molar refractivity (Wildman–Crippen MR) is 138 cm³/mol. The van der Waals surface area contributed by atoms with Crippen molar-refractivity contribution in [1.29, 1.82) is 5.26 Å². The van der Waals surface area contributed by atoms with Gasteiger partial charge in [-0.25, -0.2) is 9.18 Å². The van der Waals surface area contributed by atoms with Crippen LogP contribution in [-0.4, -0.2) is 12.6 Å². The second kappa shape index (κ2) is 11.0. The van der Waals surface area contributed by atoms with Gasteiger partial charge < -0.3 is 29.1 Å². The van der Waals surface area contributed by atoms with Gasteiger partial charge in [-0.3, -0.25) is 0 Å². The number of carbonyl (C=O) groups excluding carboxylic acids is 1. The molecule has 0 amide bonds. The number of furan rings is 1. The molecule has 1 aliphatic rings. The maximum absolute atomic E-state index is 13.2. The average Bonchev–Trinajstić information content (AvgIpc) is 3.48. The zero-order valence-corrected chi connectivity index (χ0v) is 20.8. The molecule has 2 heterocycles. The number of carbonyl (C=O) groups is 1. The summed E-state index contributed by atoms with van der Waals surface area (Å²) in [4.78, 5) is 12.3. The third kappa shape index (κ3) is 5.40. The summed E-state index contributed by atoms with van der Waals surface area (Å²) < 4.78 is 41.3. The second-order valence-corrected chi connectivity index (χ2v) is 8.55. The standard InChI is InChI=1S/C30H23FN2O6/c1-2-35-27-14-19(7-12-24(27)37-17-18-5-8-20(31)9-6-18)28-22-11-10-21(38-30(34)25-4-3-13-36-25)15-26(22)39-29(33)23(28)16-32/h3-15,28H,2,17,33H2,1H3. The molecule has 196 valence electrons. The van der Waals surface area contributed by atoms with Crippen LogP contribution >= 0.6 is 0 Å². The van der Waals surface area contributed by atoms with Crippen molar-refractivity contribution in [2.75, 3.05) is 6.61 Å². The smallest absolute Gasteiger partial charge is 0.379 e. The minimum Gasteiger partial charge on any atom is -0.490 e. The van der Waals surface area contributed by atoms with E-state index in [-0.39, 0.29) is 35.4 Å². The van der Waals surface area contributed by atoms with E-state index in [0.717, 1.165) is 11.1 Å². The van der Waals surface area contributed by atoms with Gasteiger partial charge in [0.1, 0.15) is 35.6 Å². The third-order valence-corrected chi connectivity index (χ3v) is 6.03. The molecular weight excluding hydrogens is 503 g/mol. The minimum absolute atomic E-state index is 0.0564. The molecule has 0 saturated carbocycles. The fourth-order valence-electron chi connectivity index (χ4n) is 4.23. The lowest BCUT2D eigenvalue weighted by atomic mass is 9.83. The number of esters is 1. The molecule has 5 rings (SSSR count). The van der Waals surface area contributed by atoms with Gasteiger partial charge >= 0.3 is 5.97 Å². The highest BCUT2D eigenvalue weighted by molar-refractivity contribution is 5.88. The Morgan fingerprint density at radius 2 is 1.87 bits per heavy atom. The first-order valence-electron chi connectivity index (χ1n) is 12.1. The van der Waals surface area contributed by atoms with Crippen LogP contribution in [0.3, 0.4) is 0 Å². The Morgan fingerprint density at radius 1 is 1.05 bits per heavy atom. The number of halogens is 1. The lowest BCUT2D eigenvalue weighted by Gasteiger charge is -2.27. The maximum Gasteiger partial charge on any atom is 0.379 e. The van der Waals surface area contributed by atoms with E-state index in [1.165, 1.54) is 30.5 Å². The lowest BCUT2D eigenvalue weighted by Crippen LogP contribution is -2.21. The molecule has 9 heteroatoms. The van der Waals surface area contributed by atoms with Crippen molar-refractivity contribution in [2.24, 2.45) is 5.73 Å². The largest absolute Gasteiger partial charge is 0.490 e. The quantitative estimate of drug-likeness (QED) is 0.225. The van der Waals surface area contributed by atoms with Gasteiger partial charge in [-0.15, -0.1) is 0 Å². The summed E-state index contributed by atoms with van der Waals surface area (Å²) in [7, 11) is 0. The Kier molecular flexibility index (Phi) is 7.19. The molecule has 0 saturated heterocycles. The molecule has 3 aromatic carbocycles. The fraction of sp³-hybridized carbons (Fsp3) is 0.133. The van der Waals surface area contributed by atoms with Crippen LogP contribution in [-0.2, 0) is 6.61 Å². The lowest BCUT2D eigenvalue weighted by molar-refractivity contribution is 0.0701. The molecular formula is C30H23FN2O6. The van der Waals surface area contributed by atoms with E-state index in [9.17, 15) is 14.4 Å². The molecule has 0 spiro atoms. The van der Waals surface area contributed by atoms with Crippen molar-refractivity contribution in [3.63, 3.8) is 0 Å². The van der Waals surface area contributed by atoms with Crippen LogP contribution in [0.4, 0.5) is 4.39 Å². The van der Waals surface area contributed by atoms with E-state index in [0.29, 0.717) is 29.4 Å². The molecule has 2 N–H and O–H groups in total. The highest BCUT2D eigenvalue weighted by Crippen LogP contribution is 2.45. The topological polar surface area (TPSA) is 117 Å². The van der Waals surface area contributed by atoms with Crippen molar-refractivity contribution < 1.29 is 32.5 Å². The van der Waals surface area contributed by atoms with Gasteiger partial charge in [-0.05, 0) is 60.5 Å². The number of nitrogens with zero attached hydrogens (tertiary/aromatic N) is 1. The van der Waals surface area contributed by atoms with E-state index < -0.39 is 11.9 Å². The summed E-state index contributed by atoms with van der Waals surface area (Å²) in [5.41, 5.74) is 8.54. The van der Waals surface area contributed by atoms with Crippen LogP contribution in [0.1, 0.15) is 40.1 Å². The van der Waals surface area contributed by atoms with Crippen LogP contribution in [0.2, 0.25) is 0 Å².